The summed E-state index contributed by atoms with van der Waals surface area (Å²) in [6, 6.07) is 4.07. The van der Waals surface area contributed by atoms with E-state index in [9.17, 15) is 18.0 Å². The Kier molecular flexibility index (Phi) is 5.17. The van der Waals surface area contributed by atoms with Crippen LogP contribution in [0.5, 0.6) is 5.75 Å². The maximum Gasteiger partial charge on any atom is 0.455 e. The first-order chi connectivity index (χ1) is 11.2. The van der Waals surface area contributed by atoms with Crippen molar-refractivity contribution in [2.24, 2.45) is 0 Å². The maximum atomic E-state index is 12.3. The van der Waals surface area contributed by atoms with E-state index in [2.05, 4.69) is 20.0 Å². The number of halogens is 4. The Morgan fingerprint density at radius 1 is 1.42 bits per heavy atom. The molecule has 0 aliphatic heterocycles. The SMILES string of the molecule is CN(C)C(=O)Nc1ccc(OCc2nc(C(F)(F)F)no2)c(Cl)c1. The summed E-state index contributed by atoms with van der Waals surface area (Å²) in [6.07, 6.45) is -4.69. The quantitative estimate of drug-likeness (QED) is 0.899. The van der Waals surface area contributed by atoms with E-state index in [1.54, 1.807) is 14.1 Å². The molecule has 130 valence electrons. The van der Waals surface area contributed by atoms with Crippen molar-refractivity contribution < 1.29 is 27.2 Å². The van der Waals surface area contributed by atoms with Gasteiger partial charge >= 0.3 is 12.2 Å². The van der Waals surface area contributed by atoms with Crippen molar-refractivity contribution in [3.63, 3.8) is 0 Å². The second-order valence-corrected chi connectivity index (χ2v) is 5.18. The smallest absolute Gasteiger partial charge is 0.455 e. The number of aromatic nitrogens is 2. The molecule has 11 heteroatoms. The molecule has 2 amide bonds. The topological polar surface area (TPSA) is 80.5 Å². The number of ether oxygens (including phenoxy) is 1. The second-order valence-electron chi connectivity index (χ2n) is 4.77. The number of carbonyl (C=O) groups is 1. The predicted molar refractivity (Wildman–Crippen MR) is 77.8 cm³/mol. The highest BCUT2D eigenvalue weighted by Gasteiger charge is 2.37. The van der Waals surface area contributed by atoms with Crippen molar-refractivity contribution >= 4 is 23.3 Å². The third-order valence-corrected chi connectivity index (χ3v) is 2.96. The van der Waals surface area contributed by atoms with Crippen LogP contribution in [0.2, 0.25) is 5.02 Å². The standard InChI is InChI=1S/C13H12ClF3N4O3/c1-21(2)12(22)18-7-3-4-9(8(14)5-7)23-6-10-19-11(20-24-10)13(15,16)17/h3-5H,6H2,1-2H3,(H,18,22). The first kappa shape index (κ1) is 17.9. The first-order valence-corrected chi connectivity index (χ1v) is 6.85. The van der Waals surface area contributed by atoms with Gasteiger partial charge in [-0.25, -0.2) is 4.79 Å². The summed E-state index contributed by atoms with van der Waals surface area (Å²) < 4.78 is 46.7. The molecule has 0 fully saturated rings. The van der Waals surface area contributed by atoms with Gasteiger partial charge in [0.1, 0.15) is 5.75 Å². The predicted octanol–water partition coefficient (Wildman–Crippen LogP) is 3.41. The van der Waals surface area contributed by atoms with Crippen LogP contribution in [-0.4, -0.2) is 35.2 Å². The summed E-state index contributed by atoms with van der Waals surface area (Å²) >= 11 is 6.00. The molecule has 7 nitrogen and oxygen atoms in total. The van der Waals surface area contributed by atoms with Crippen LogP contribution < -0.4 is 10.1 Å². The normalized spacial score (nSPS) is 11.2. The van der Waals surface area contributed by atoms with E-state index in [1.807, 2.05) is 0 Å². The summed E-state index contributed by atoms with van der Waals surface area (Å²) in [5.41, 5.74) is 0.434. The summed E-state index contributed by atoms with van der Waals surface area (Å²) in [4.78, 5) is 16.0. The molecule has 0 bridgehead atoms. The average molecular weight is 365 g/mol. The molecule has 24 heavy (non-hydrogen) atoms. The van der Waals surface area contributed by atoms with E-state index in [0.29, 0.717) is 5.69 Å². The highest BCUT2D eigenvalue weighted by molar-refractivity contribution is 6.32. The highest BCUT2D eigenvalue weighted by Crippen LogP contribution is 2.29. The molecule has 1 aromatic heterocycles. The number of benzene rings is 1. The molecule has 0 aliphatic carbocycles. The van der Waals surface area contributed by atoms with Gasteiger partial charge in [-0.05, 0) is 18.2 Å². The Labute approximate surface area is 139 Å². The number of alkyl halides is 3. The van der Waals surface area contributed by atoms with Gasteiger partial charge in [-0.3, -0.25) is 0 Å². The Balaban J connectivity index is 2.00. The van der Waals surface area contributed by atoms with E-state index in [4.69, 9.17) is 16.3 Å². The minimum Gasteiger partial charge on any atom is -0.482 e. The average Bonchev–Trinajstić information content (AvgIpc) is 2.95. The molecule has 0 atom stereocenters. The van der Waals surface area contributed by atoms with Crippen LogP contribution in [0.25, 0.3) is 0 Å². The van der Waals surface area contributed by atoms with E-state index in [-0.39, 0.29) is 29.3 Å². The van der Waals surface area contributed by atoms with Gasteiger partial charge in [0.25, 0.3) is 11.7 Å². The van der Waals surface area contributed by atoms with Gasteiger partial charge < -0.3 is 19.5 Å². The van der Waals surface area contributed by atoms with E-state index in [0.717, 1.165) is 0 Å². The van der Waals surface area contributed by atoms with Crippen LogP contribution in [-0.2, 0) is 12.8 Å². The van der Waals surface area contributed by atoms with Crippen molar-refractivity contribution in [2.45, 2.75) is 12.8 Å². The number of nitrogens with one attached hydrogen (secondary N) is 1. The van der Waals surface area contributed by atoms with Crippen LogP contribution in [0.15, 0.2) is 22.7 Å². The second kappa shape index (κ2) is 6.95. The Hall–Kier alpha value is -2.49. The number of nitrogens with zero attached hydrogens (tertiary/aromatic N) is 3. The number of hydrogen-bond acceptors (Lipinski definition) is 5. The number of amides is 2. The fraction of sp³-hybridized carbons (Fsp3) is 0.308. The monoisotopic (exact) mass is 364 g/mol. The van der Waals surface area contributed by atoms with Crippen molar-refractivity contribution in [3.8, 4) is 5.75 Å². The summed E-state index contributed by atoms with van der Waals surface area (Å²) in [5, 5.41) is 5.55. The lowest BCUT2D eigenvalue weighted by Crippen LogP contribution is -2.27. The van der Waals surface area contributed by atoms with E-state index >= 15 is 0 Å². The third kappa shape index (κ3) is 4.51. The first-order valence-electron chi connectivity index (χ1n) is 6.47. The lowest BCUT2D eigenvalue weighted by Gasteiger charge is -2.13. The molecule has 0 saturated heterocycles. The van der Waals surface area contributed by atoms with Crippen molar-refractivity contribution in [2.75, 3.05) is 19.4 Å². The fourth-order valence-corrected chi connectivity index (χ4v) is 1.73. The Morgan fingerprint density at radius 3 is 2.67 bits per heavy atom. The maximum absolute atomic E-state index is 12.3. The minimum absolute atomic E-state index is 0.155. The third-order valence-electron chi connectivity index (χ3n) is 2.66. The van der Waals surface area contributed by atoms with Crippen molar-refractivity contribution in [3.05, 3.63) is 34.9 Å². The molecule has 0 saturated carbocycles. The molecule has 0 radical (unpaired) electrons. The summed E-state index contributed by atoms with van der Waals surface area (Å²) in [6.45, 7) is -0.383. The molecule has 1 aromatic carbocycles. The van der Waals surface area contributed by atoms with Crippen molar-refractivity contribution in [1.82, 2.24) is 15.0 Å². The van der Waals surface area contributed by atoms with Crippen LogP contribution in [0.3, 0.4) is 0 Å². The number of anilines is 1. The Bertz CT molecular complexity index is 733. The van der Waals surface area contributed by atoms with Gasteiger partial charge in [-0.2, -0.15) is 18.2 Å². The van der Waals surface area contributed by atoms with Gasteiger partial charge in [0.15, 0.2) is 6.61 Å². The molecule has 2 rings (SSSR count). The summed E-state index contributed by atoms with van der Waals surface area (Å²) in [5.74, 6) is -1.54. The number of hydrogen-bond donors (Lipinski definition) is 1. The molecule has 0 spiro atoms. The number of urea groups is 1. The number of carbonyl (C=O) groups excluding carboxylic acids is 1. The molecule has 2 aromatic rings. The number of rotatable bonds is 4. The van der Waals surface area contributed by atoms with Gasteiger partial charge in [0, 0.05) is 19.8 Å². The zero-order chi connectivity index (χ0) is 17.9. The highest BCUT2D eigenvalue weighted by atomic mass is 35.5. The molecule has 0 unspecified atom stereocenters. The Morgan fingerprint density at radius 2 is 2.12 bits per heavy atom. The molecule has 1 heterocycles. The molecule has 1 N–H and O–H groups in total. The zero-order valence-corrected chi connectivity index (χ0v) is 13.3. The lowest BCUT2D eigenvalue weighted by molar-refractivity contribution is -0.146. The van der Waals surface area contributed by atoms with E-state index in [1.165, 1.54) is 23.1 Å². The summed E-state index contributed by atoms with van der Waals surface area (Å²) in [7, 11) is 3.15. The van der Waals surface area contributed by atoms with Gasteiger partial charge in [0.2, 0.25) is 0 Å². The minimum atomic E-state index is -4.69. The van der Waals surface area contributed by atoms with Crippen LogP contribution >= 0.6 is 11.6 Å². The van der Waals surface area contributed by atoms with Gasteiger partial charge in [-0.1, -0.05) is 16.8 Å². The van der Waals surface area contributed by atoms with Crippen LogP contribution in [0.4, 0.5) is 23.7 Å². The fourth-order valence-electron chi connectivity index (χ4n) is 1.50. The van der Waals surface area contributed by atoms with Gasteiger partial charge in [-0.15, -0.1) is 0 Å². The lowest BCUT2D eigenvalue weighted by atomic mass is 10.3. The molecule has 0 aliphatic rings. The van der Waals surface area contributed by atoms with Crippen LogP contribution in [0, 0.1) is 0 Å². The molecular formula is C13H12ClF3N4O3. The largest absolute Gasteiger partial charge is 0.482 e. The van der Waals surface area contributed by atoms with E-state index < -0.39 is 12.0 Å². The zero-order valence-electron chi connectivity index (χ0n) is 12.5. The van der Waals surface area contributed by atoms with Crippen LogP contribution in [0.1, 0.15) is 11.7 Å². The molecular weight excluding hydrogens is 353 g/mol. The van der Waals surface area contributed by atoms with Gasteiger partial charge in [0.05, 0.1) is 5.02 Å². The van der Waals surface area contributed by atoms with Crippen molar-refractivity contribution in [1.29, 1.82) is 0 Å².